The highest BCUT2D eigenvalue weighted by Gasteiger charge is 2.06. The monoisotopic (exact) mass is 210 g/mol. The van der Waals surface area contributed by atoms with Crippen molar-refractivity contribution >= 4 is 11.8 Å². The number of rotatable bonds is 3. The zero-order valence-electron chi connectivity index (χ0n) is 9.29. The summed E-state index contributed by atoms with van der Waals surface area (Å²) < 4.78 is 0. The highest BCUT2D eigenvalue weighted by Crippen LogP contribution is 2.23. The van der Waals surface area contributed by atoms with E-state index in [0.29, 0.717) is 0 Å². The quantitative estimate of drug-likeness (QED) is 0.774. The minimum absolute atomic E-state index is 0.259. The van der Waals surface area contributed by atoms with Crippen molar-refractivity contribution < 1.29 is 5.11 Å². The molecule has 1 N–H and O–H groups in total. The largest absolute Gasteiger partial charge is 0.393 e. The number of aliphatic hydroxyl groups excluding tert-OH is 1. The molecule has 1 rings (SSSR count). The first-order valence-corrected chi connectivity index (χ1v) is 6.09. The maximum absolute atomic E-state index is 9.38. The van der Waals surface area contributed by atoms with E-state index in [0.717, 1.165) is 6.42 Å². The van der Waals surface area contributed by atoms with Crippen molar-refractivity contribution in [3.63, 3.8) is 0 Å². The van der Waals surface area contributed by atoms with Gasteiger partial charge in [0.25, 0.3) is 0 Å². The molecule has 0 heterocycles. The first-order chi connectivity index (χ1) is 6.54. The van der Waals surface area contributed by atoms with Crippen LogP contribution in [0.4, 0.5) is 0 Å². The lowest BCUT2D eigenvalue weighted by Gasteiger charge is -2.12. The molecular formula is C12H18OS. The van der Waals surface area contributed by atoms with Gasteiger partial charge >= 0.3 is 0 Å². The van der Waals surface area contributed by atoms with Gasteiger partial charge in [0.1, 0.15) is 0 Å². The lowest BCUT2D eigenvalue weighted by Crippen LogP contribution is -2.06. The zero-order chi connectivity index (χ0) is 10.7. The van der Waals surface area contributed by atoms with Gasteiger partial charge in [-0.05, 0) is 62.3 Å². The molecule has 1 nitrogen and oxygen atoms in total. The smallest absolute Gasteiger partial charge is 0.0552 e. The second kappa shape index (κ2) is 4.85. The molecule has 0 aliphatic heterocycles. The predicted octanol–water partition coefficient (Wildman–Crippen LogP) is 2.95. The second-order valence-electron chi connectivity index (χ2n) is 3.78. The molecule has 0 aromatic heterocycles. The summed E-state index contributed by atoms with van der Waals surface area (Å²) in [6.45, 7) is 6.08. The topological polar surface area (TPSA) is 20.2 Å². The Morgan fingerprint density at radius 3 is 2.50 bits per heavy atom. The first-order valence-electron chi connectivity index (χ1n) is 4.86. The third kappa shape index (κ3) is 2.76. The zero-order valence-corrected chi connectivity index (χ0v) is 10.1. The molecule has 0 fully saturated rings. The normalized spacial score (nSPS) is 12.9. The van der Waals surface area contributed by atoms with Gasteiger partial charge in [-0.25, -0.2) is 0 Å². The van der Waals surface area contributed by atoms with E-state index >= 15 is 0 Å². The van der Waals surface area contributed by atoms with E-state index in [1.165, 1.54) is 21.6 Å². The molecule has 1 aromatic rings. The molecule has 2 heteroatoms. The van der Waals surface area contributed by atoms with E-state index in [4.69, 9.17) is 0 Å². The molecular weight excluding hydrogens is 192 g/mol. The highest BCUT2D eigenvalue weighted by atomic mass is 32.2. The number of thioether (sulfide) groups is 1. The Labute approximate surface area is 90.5 Å². The Balaban J connectivity index is 3.07. The van der Waals surface area contributed by atoms with Crippen molar-refractivity contribution in [2.75, 3.05) is 6.26 Å². The third-order valence-corrected chi connectivity index (χ3v) is 3.21. The Morgan fingerprint density at radius 1 is 1.36 bits per heavy atom. The van der Waals surface area contributed by atoms with E-state index < -0.39 is 0 Å². The van der Waals surface area contributed by atoms with Gasteiger partial charge in [0.15, 0.2) is 0 Å². The average Bonchev–Trinajstić information content (AvgIpc) is 2.11. The van der Waals surface area contributed by atoms with Crippen LogP contribution in [0, 0.1) is 13.8 Å². The summed E-state index contributed by atoms with van der Waals surface area (Å²) >= 11 is 1.75. The van der Waals surface area contributed by atoms with Crippen LogP contribution in [0.15, 0.2) is 17.0 Å². The van der Waals surface area contributed by atoms with Gasteiger partial charge in [0.2, 0.25) is 0 Å². The molecule has 0 spiro atoms. The Hall–Kier alpha value is -0.470. The highest BCUT2D eigenvalue weighted by molar-refractivity contribution is 7.98. The van der Waals surface area contributed by atoms with Gasteiger partial charge in [-0.15, -0.1) is 11.8 Å². The van der Waals surface area contributed by atoms with Crippen LogP contribution in [-0.2, 0) is 6.42 Å². The number of aliphatic hydroxyl groups is 1. The maximum Gasteiger partial charge on any atom is 0.0552 e. The molecule has 0 amide bonds. The predicted molar refractivity (Wildman–Crippen MR) is 63.1 cm³/mol. The molecule has 0 saturated carbocycles. The van der Waals surface area contributed by atoms with Crippen molar-refractivity contribution in [1.82, 2.24) is 0 Å². The fourth-order valence-electron chi connectivity index (χ4n) is 1.54. The van der Waals surface area contributed by atoms with Gasteiger partial charge in [0, 0.05) is 4.90 Å². The van der Waals surface area contributed by atoms with E-state index in [1.54, 1.807) is 11.8 Å². The molecule has 0 aliphatic rings. The van der Waals surface area contributed by atoms with E-state index in [9.17, 15) is 5.11 Å². The standard InChI is InChI=1S/C12H18OS/c1-8-5-12(14-4)7-11(10(8)3)6-9(2)13/h5,7,9,13H,6H2,1-4H3. The number of aryl methyl sites for hydroxylation is 1. The Morgan fingerprint density at radius 2 is 2.00 bits per heavy atom. The summed E-state index contributed by atoms with van der Waals surface area (Å²) in [7, 11) is 0. The molecule has 1 unspecified atom stereocenters. The van der Waals surface area contributed by atoms with Crippen LogP contribution in [-0.4, -0.2) is 17.5 Å². The number of hydrogen-bond donors (Lipinski definition) is 1. The van der Waals surface area contributed by atoms with Crippen LogP contribution in [0.3, 0.4) is 0 Å². The van der Waals surface area contributed by atoms with Gasteiger partial charge < -0.3 is 5.11 Å². The van der Waals surface area contributed by atoms with Crippen molar-refractivity contribution in [3.8, 4) is 0 Å². The van der Waals surface area contributed by atoms with Gasteiger partial charge in [-0.1, -0.05) is 0 Å². The minimum Gasteiger partial charge on any atom is -0.393 e. The SMILES string of the molecule is CSc1cc(C)c(C)c(CC(C)O)c1. The summed E-state index contributed by atoms with van der Waals surface area (Å²) in [5.74, 6) is 0. The van der Waals surface area contributed by atoms with Crippen LogP contribution >= 0.6 is 11.8 Å². The lowest BCUT2D eigenvalue weighted by atomic mass is 9.99. The van der Waals surface area contributed by atoms with Gasteiger partial charge in [-0.3, -0.25) is 0 Å². The van der Waals surface area contributed by atoms with Crippen LogP contribution < -0.4 is 0 Å². The van der Waals surface area contributed by atoms with Crippen LogP contribution in [0.5, 0.6) is 0 Å². The molecule has 1 aromatic carbocycles. The molecule has 1 atom stereocenters. The average molecular weight is 210 g/mol. The maximum atomic E-state index is 9.38. The molecule has 78 valence electrons. The molecule has 0 saturated heterocycles. The third-order valence-electron chi connectivity index (χ3n) is 2.50. The summed E-state index contributed by atoms with van der Waals surface area (Å²) in [6.07, 6.45) is 2.57. The molecule has 0 aliphatic carbocycles. The summed E-state index contributed by atoms with van der Waals surface area (Å²) in [5, 5.41) is 9.38. The Bertz CT molecular complexity index is 318. The van der Waals surface area contributed by atoms with Gasteiger partial charge in [0.05, 0.1) is 6.10 Å². The molecule has 0 bridgehead atoms. The lowest BCUT2D eigenvalue weighted by molar-refractivity contribution is 0.195. The molecule has 14 heavy (non-hydrogen) atoms. The summed E-state index contributed by atoms with van der Waals surface area (Å²) in [6, 6.07) is 4.38. The van der Waals surface area contributed by atoms with Crippen LogP contribution in [0.2, 0.25) is 0 Å². The summed E-state index contributed by atoms with van der Waals surface area (Å²) in [4.78, 5) is 1.28. The van der Waals surface area contributed by atoms with Crippen molar-refractivity contribution in [2.45, 2.75) is 38.2 Å². The fourth-order valence-corrected chi connectivity index (χ4v) is 2.10. The number of hydrogen-bond acceptors (Lipinski definition) is 2. The first kappa shape index (κ1) is 11.6. The van der Waals surface area contributed by atoms with E-state index in [-0.39, 0.29) is 6.10 Å². The van der Waals surface area contributed by atoms with Crippen molar-refractivity contribution in [3.05, 3.63) is 28.8 Å². The molecule has 0 radical (unpaired) electrons. The minimum atomic E-state index is -0.259. The van der Waals surface area contributed by atoms with E-state index in [2.05, 4.69) is 32.2 Å². The van der Waals surface area contributed by atoms with Gasteiger partial charge in [-0.2, -0.15) is 0 Å². The van der Waals surface area contributed by atoms with Crippen molar-refractivity contribution in [1.29, 1.82) is 0 Å². The second-order valence-corrected chi connectivity index (χ2v) is 4.66. The fraction of sp³-hybridized carbons (Fsp3) is 0.500. The van der Waals surface area contributed by atoms with Crippen LogP contribution in [0.1, 0.15) is 23.6 Å². The van der Waals surface area contributed by atoms with Crippen LogP contribution in [0.25, 0.3) is 0 Å². The Kier molecular flexibility index (Phi) is 4.02. The van der Waals surface area contributed by atoms with E-state index in [1.807, 2.05) is 6.92 Å². The van der Waals surface area contributed by atoms with Crippen molar-refractivity contribution in [2.24, 2.45) is 0 Å². The number of benzene rings is 1. The summed E-state index contributed by atoms with van der Waals surface area (Å²) in [5.41, 5.74) is 3.89.